The summed E-state index contributed by atoms with van der Waals surface area (Å²) in [6, 6.07) is 5.85. The van der Waals surface area contributed by atoms with Gasteiger partial charge in [0.25, 0.3) is 5.91 Å². The van der Waals surface area contributed by atoms with Crippen LogP contribution in [0.2, 0.25) is 5.02 Å². The second kappa shape index (κ2) is 5.94. The Morgan fingerprint density at radius 3 is 2.65 bits per heavy atom. The van der Waals surface area contributed by atoms with Gasteiger partial charge in [-0.25, -0.2) is 0 Å². The largest absolute Gasteiger partial charge is 0.334 e. The maximum Gasteiger partial charge on any atom is 0.257 e. The van der Waals surface area contributed by atoms with Gasteiger partial charge in [0, 0.05) is 28.7 Å². The molecule has 0 N–H and O–H groups in total. The van der Waals surface area contributed by atoms with Crippen LogP contribution in [0.4, 0.5) is 0 Å². The van der Waals surface area contributed by atoms with Crippen LogP contribution < -0.4 is 0 Å². The minimum atomic E-state index is -0.110. The highest BCUT2D eigenvalue weighted by atomic mass is 35.5. The zero-order valence-electron chi connectivity index (χ0n) is 12.0. The molecule has 0 aliphatic rings. The Hall–Kier alpha value is -1.39. The van der Waals surface area contributed by atoms with Crippen molar-refractivity contribution in [3.8, 4) is 0 Å². The van der Waals surface area contributed by atoms with E-state index in [9.17, 15) is 4.79 Å². The average Bonchev–Trinajstić information content (AvgIpc) is 2.83. The molecule has 3 nitrogen and oxygen atoms in total. The molecule has 106 valence electrons. The molecule has 2 aromatic heterocycles. The third-order valence-electron chi connectivity index (χ3n) is 3.29. The maximum absolute atomic E-state index is 12.5. The number of hydrogen-bond acceptors (Lipinski definition) is 3. The lowest BCUT2D eigenvalue weighted by Gasteiger charge is -2.24. The van der Waals surface area contributed by atoms with Gasteiger partial charge in [0.15, 0.2) is 0 Å². The Bertz CT molecular complexity index is 639. The number of carbonyl (C=O) groups is 1. The van der Waals surface area contributed by atoms with Crippen LogP contribution in [-0.4, -0.2) is 22.8 Å². The molecule has 2 aromatic rings. The summed E-state index contributed by atoms with van der Waals surface area (Å²) in [6.07, 6.45) is 1.54. The number of rotatable bonds is 3. The van der Waals surface area contributed by atoms with Crippen LogP contribution in [0.5, 0.6) is 0 Å². The van der Waals surface area contributed by atoms with Crippen molar-refractivity contribution >= 4 is 28.8 Å². The van der Waals surface area contributed by atoms with E-state index < -0.39 is 0 Å². The van der Waals surface area contributed by atoms with Crippen LogP contribution in [0.15, 0.2) is 24.4 Å². The predicted molar refractivity (Wildman–Crippen MR) is 83.5 cm³/mol. The summed E-state index contributed by atoms with van der Waals surface area (Å²) in [4.78, 5) is 20.8. The first-order chi connectivity index (χ1) is 9.40. The van der Waals surface area contributed by atoms with E-state index in [-0.39, 0.29) is 11.9 Å². The van der Waals surface area contributed by atoms with Gasteiger partial charge >= 0.3 is 0 Å². The lowest BCUT2D eigenvalue weighted by atomic mass is 10.2. The highest BCUT2D eigenvalue weighted by Crippen LogP contribution is 2.28. The van der Waals surface area contributed by atoms with Crippen molar-refractivity contribution in [2.24, 2.45) is 0 Å². The summed E-state index contributed by atoms with van der Waals surface area (Å²) in [5.41, 5.74) is 1.25. The summed E-state index contributed by atoms with van der Waals surface area (Å²) < 4.78 is 0. The molecular weight excluding hydrogens is 292 g/mol. The van der Waals surface area contributed by atoms with Crippen LogP contribution in [0.3, 0.4) is 0 Å². The summed E-state index contributed by atoms with van der Waals surface area (Å²) in [6.45, 7) is 5.92. The monoisotopic (exact) mass is 308 g/mol. The molecule has 1 unspecified atom stereocenters. The summed E-state index contributed by atoms with van der Waals surface area (Å²) in [5, 5.41) is 0.448. The Labute approximate surface area is 128 Å². The molecule has 5 heteroatoms. The van der Waals surface area contributed by atoms with Crippen LogP contribution in [-0.2, 0) is 0 Å². The fourth-order valence-electron chi connectivity index (χ4n) is 1.92. The van der Waals surface area contributed by atoms with E-state index >= 15 is 0 Å². The zero-order chi connectivity index (χ0) is 14.9. The molecule has 20 heavy (non-hydrogen) atoms. The van der Waals surface area contributed by atoms with Crippen molar-refractivity contribution in [3.63, 3.8) is 0 Å². The Morgan fingerprint density at radius 1 is 1.40 bits per heavy atom. The molecule has 1 atom stereocenters. The van der Waals surface area contributed by atoms with Crippen molar-refractivity contribution in [2.45, 2.75) is 26.8 Å². The van der Waals surface area contributed by atoms with Gasteiger partial charge in [0.05, 0.1) is 16.6 Å². The number of amides is 1. The number of aryl methyl sites for hydroxylation is 2. The fraction of sp³-hybridized carbons (Fsp3) is 0.333. The molecule has 2 rings (SSSR count). The van der Waals surface area contributed by atoms with Crippen molar-refractivity contribution < 1.29 is 4.79 Å². The van der Waals surface area contributed by atoms with Crippen LogP contribution in [0.1, 0.15) is 38.8 Å². The standard InChI is InChI=1S/C15H17ClN2OS/c1-9-7-13(16)12(8-17-9)15(19)18(4)11(3)14-6-5-10(2)20-14/h5-8,11H,1-4H3. The molecule has 0 spiro atoms. The average molecular weight is 309 g/mol. The first-order valence-corrected chi connectivity index (χ1v) is 7.55. The second-order valence-corrected chi connectivity index (χ2v) is 6.57. The quantitative estimate of drug-likeness (QED) is 0.849. The van der Waals surface area contributed by atoms with Crippen molar-refractivity contribution in [1.82, 2.24) is 9.88 Å². The highest BCUT2D eigenvalue weighted by Gasteiger charge is 2.22. The predicted octanol–water partition coefficient (Wildman–Crippen LogP) is 4.25. The van der Waals surface area contributed by atoms with E-state index in [2.05, 4.69) is 24.0 Å². The van der Waals surface area contributed by atoms with Crippen molar-refractivity contribution in [1.29, 1.82) is 0 Å². The Morgan fingerprint density at radius 2 is 2.10 bits per heavy atom. The Balaban J connectivity index is 2.24. The molecule has 0 radical (unpaired) electrons. The van der Waals surface area contributed by atoms with E-state index in [0.29, 0.717) is 10.6 Å². The van der Waals surface area contributed by atoms with Gasteiger partial charge in [0.1, 0.15) is 0 Å². The van der Waals surface area contributed by atoms with E-state index in [1.165, 1.54) is 4.88 Å². The number of nitrogens with zero attached hydrogens (tertiary/aromatic N) is 2. The molecule has 0 saturated heterocycles. The first kappa shape index (κ1) is 15.0. The number of aromatic nitrogens is 1. The SMILES string of the molecule is Cc1cc(Cl)c(C(=O)N(C)C(C)c2ccc(C)s2)cn1. The topological polar surface area (TPSA) is 33.2 Å². The van der Waals surface area contributed by atoms with Crippen LogP contribution >= 0.6 is 22.9 Å². The maximum atomic E-state index is 12.5. The minimum absolute atomic E-state index is 0.0126. The van der Waals surface area contributed by atoms with Gasteiger partial charge in [-0.1, -0.05) is 11.6 Å². The second-order valence-electron chi connectivity index (χ2n) is 4.85. The smallest absolute Gasteiger partial charge is 0.257 e. The molecule has 0 aromatic carbocycles. The molecule has 1 amide bonds. The molecule has 0 aliphatic heterocycles. The van der Waals surface area contributed by atoms with Gasteiger partial charge in [-0.05, 0) is 39.0 Å². The minimum Gasteiger partial charge on any atom is -0.334 e. The highest BCUT2D eigenvalue weighted by molar-refractivity contribution is 7.12. The Kier molecular flexibility index (Phi) is 4.45. The molecule has 0 bridgehead atoms. The third-order valence-corrected chi connectivity index (χ3v) is 4.78. The van der Waals surface area contributed by atoms with E-state index in [1.807, 2.05) is 13.8 Å². The number of pyridine rings is 1. The van der Waals surface area contributed by atoms with Gasteiger partial charge in [0.2, 0.25) is 0 Å². The van der Waals surface area contributed by atoms with Gasteiger partial charge in [-0.3, -0.25) is 9.78 Å². The van der Waals surface area contributed by atoms with Crippen molar-refractivity contribution in [3.05, 3.63) is 50.4 Å². The van der Waals surface area contributed by atoms with Crippen LogP contribution in [0, 0.1) is 13.8 Å². The van der Waals surface area contributed by atoms with Crippen molar-refractivity contribution in [2.75, 3.05) is 7.05 Å². The van der Waals surface area contributed by atoms with Gasteiger partial charge < -0.3 is 4.90 Å². The van der Waals surface area contributed by atoms with Gasteiger partial charge in [-0.15, -0.1) is 11.3 Å². The number of thiophene rings is 1. The summed E-state index contributed by atoms with van der Waals surface area (Å²) in [7, 11) is 1.79. The number of halogens is 1. The normalized spacial score (nSPS) is 12.2. The van der Waals surface area contributed by atoms with E-state index in [1.54, 1.807) is 35.5 Å². The molecular formula is C15H17ClN2OS. The lowest BCUT2D eigenvalue weighted by molar-refractivity contribution is 0.0744. The summed E-state index contributed by atoms with van der Waals surface area (Å²) in [5.74, 6) is -0.110. The summed E-state index contributed by atoms with van der Waals surface area (Å²) >= 11 is 7.84. The zero-order valence-corrected chi connectivity index (χ0v) is 13.5. The molecule has 0 fully saturated rings. The molecule has 0 saturated carbocycles. The fourth-order valence-corrected chi connectivity index (χ4v) is 3.18. The third kappa shape index (κ3) is 3.02. The molecule has 0 aliphatic carbocycles. The molecule has 2 heterocycles. The number of hydrogen-bond donors (Lipinski definition) is 0. The van der Waals surface area contributed by atoms with E-state index in [4.69, 9.17) is 11.6 Å². The van der Waals surface area contributed by atoms with E-state index in [0.717, 1.165) is 10.6 Å². The van der Waals surface area contributed by atoms with Gasteiger partial charge in [-0.2, -0.15) is 0 Å². The number of carbonyl (C=O) groups excluding carboxylic acids is 1. The van der Waals surface area contributed by atoms with Crippen LogP contribution in [0.25, 0.3) is 0 Å². The lowest BCUT2D eigenvalue weighted by Crippen LogP contribution is -2.29. The first-order valence-electron chi connectivity index (χ1n) is 6.35.